The summed E-state index contributed by atoms with van der Waals surface area (Å²) in [4.78, 5) is 22.7. The summed E-state index contributed by atoms with van der Waals surface area (Å²) >= 11 is 0. The van der Waals surface area contributed by atoms with Crippen molar-refractivity contribution in [2.24, 2.45) is 0 Å². The number of aromatic nitrogens is 2. The summed E-state index contributed by atoms with van der Waals surface area (Å²) in [5.41, 5.74) is -0.538. The zero-order chi connectivity index (χ0) is 9.84. The third-order valence-electron chi connectivity index (χ3n) is 1.24. The van der Waals surface area contributed by atoms with Crippen LogP contribution in [0.5, 0.6) is 0 Å². The van der Waals surface area contributed by atoms with E-state index < -0.39 is 11.5 Å². The third-order valence-corrected chi connectivity index (χ3v) is 1.24. The molecule has 0 aliphatic heterocycles. The van der Waals surface area contributed by atoms with E-state index in [0.29, 0.717) is 6.08 Å². The molecule has 68 valence electrons. The van der Waals surface area contributed by atoms with Crippen molar-refractivity contribution >= 4 is 12.0 Å². The molecule has 0 aliphatic rings. The van der Waals surface area contributed by atoms with Crippen molar-refractivity contribution in [3.8, 4) is 0 Å². The van der Waals surface area contributed by atoms with E-state index in [2.05, 4.69) is 4.98 Å². The molecule has 1 N–H and O–H groups in total. The molecule has 0 atom stereocenters. The Kier molecular flexibility index (Phi) is 5.89. The summed E-state index contributed by atoms with van der Waals surface area (Å²) in [5, 5.41) is 20.9. The first-order chi connectivity index (χ1) is 6.09. The summed E-state index contributed by atoms with van der Waals surface area (Å²) < 4.78 is 0.262. The fourth-order valence-electron chi connectivity index (χ4n) is 0.702. The number of hydrogen-bond acceptors (Lipinski definition) is 4. The molecule has 0 amide bonds. The second kappa shape index (κ2) is 6.09. The van der Waals surface area contributed by atoms with Gasteiger partial charge in [0.2, 0.25) is 11.9 Å². The molecule has 0 radical (unpaired) electrons. The molecule has 1 heterocycles. The zero-order valence-electron chi connectivity index (χ0n) is 7.39. The Morgan fingerprint density at radius 2 is 2.21 bits per heavy atom. The normalized spacial score (nSPS) is 9.71. The van der Waals surface area contributed by atoms with Crippen LogP contribution in [0.2, 0.25) is 0 Å². The first-order valence-electron chi connectivity index (χ1n) is 3.30. The molecular formula is C7H5KN2O4. The number of carboxylic acids is 1. The van der Waals surface area contributed by atoms with Crippen molar-refractivity contribution in [2.75, 3.05) is 0 Å². The van der Waals surface area contributed by atoms with Gasteiger partial charge in [-0.1, -0.05) is 0 Å². The third kappa shape index (κ3) is 4.16. The Balaban J connectivity index is 0.00000169. The maximum absolute atomic E-state index is 10.9. The summed E-state index contributed by atoms with van der Waals surface area (Å²) in [7, 11) is 0. The Morgan fingerprint density at radius 3 is 2.71 bits per heavy atom. The van der Waals surface area contributed by atoms with Crippen molar-refractivity contribution in [1.29, 1.82) is 0 Å². The summed E-state index contributed by atoms with van der Waals surface area (Å²) in [6.45, 7) is 0. The van der Waals surface area contributed by atoms with Crippen molar-refractivity contribution in [3.05, 3.63) is 39.7 Å². The largest absolute Gasteiger partial charge is 1.00 e. The predicted octanol–water partition coefficient (Wildman–Crippen LogP) is -5.22. The van der Waals surface area contributed by atoms with Gasteiger partial charge in [-0.3, -0.25) is 4.79 Å². The smallest absolute Gasteiger partial charge is 0.618 e. The molecule has 6 nitrogen and oxygen atoms in total. The van der Waals surface area contributed by atoms with Gasteiger partial charge in [-0.25, -0.2) is 0 Å². The molecule has 0 fully saturated rings. The van der Waals surface area contributed by atoms with Gasteiger partial charge in [0.05, 0.1) is 12.2 Å². The zero-order valence-corrected chi connectivity index (χ0v) is 10.5. The number of hydrogen-bond donors (Lipinski definition) is 1. The van der Waals surface area contributed by atoms with Crippen LogP contribution in [0.25, 0.3) is 6.08 Å². The van der Waals surface area contributed by atoms with Crippen LogP contribution >= 0.6 is 0 Å². The van der Waals surface area contributed by atoms with Crippen molar-refractivity contribution in [2.45, 2.75) is 0 Å². The maximum Gasteiger partial charge on any atom is 1.00 e. The fourth-order valence-corrected chi connectivity index (χ4v) is 0.702. The Labute approximate surface area is 121 Å². The van der Waals surface area contributed by atoms with E-state index in [1.54, 1.807) is 0 Å². The number of nitrogens with zero attached hydrogens (tertiary/aromatic N) is 1. The van der Waals surface area contributed by atoms with Crippen LogP contribution in [0.4, 0.5) is 0 Å². The number of nitrogens with one attached hydrogen (secondary N) is 1. The Morgan fingerprint density at radius 1 is 1.57 bits per heavy atom. The average Bonchev–Trinajstić information content (AvgIpc) is 2.02. The number of aromatic amines is 1. The van der Waals surface area contributed by atoms with E-state index in [4.69, 9.17) is 0 Å². The quantitative estimate of drug-likeness (QED) is 0.233. The van der Waals surface area contributed by atoms with Crippen molar-refractivity contribution in [1.82, 2.24) is 4.98 Å². The summed E-state index contributed by atoms with van der Waals surface area (Å²) in [5.74, 6) is -1.41. The average molecular weight is 220 g/mol. The van der Waals surface area contributed by atoms with Crippen LogP contribution in [0.15, 0.2) is 23.3 Å². The van der Waals surface area contributed by atoms with E-state index in [-0.39, 0.29) is 61.8 Å². The number of carboxylic acid groups (broad SMARTS) is 1. The van der Waals surface area contributed by atoms with Crippen LogP contribution in [0, 0.1) is 5.21 Å². The number of aliphatic carboxylic acids is 1. The van der Waals surface area contributed by atoms with Crippen LogP contribution < -0.4 is 66.8 Å². The minimum absolute atomic E-state index is 0. The molecule has 0 aliphatic carbocycles. The molecule has 1 aromatic rings. The van der Waals surface area contributed by atoms with Gasteiger partial charge >= 0.3 is 56.9 Å². The minimum Gasteiger partial charge on any atom is -0.618 e. The molecule has 14 heavy (non-hydrogen) atoms. The first kappa shape index (κ1) is 13.5. The monoisotopic (exact) mass is 220 g/mol. The van der Waals surface area contributed by atoms with Gasteiger partial charge in [0.25, 0.3) is 0 Å². The molecule has 0 bridgehead atoms. The van der Waals surface area contributed by atoms with E-state index in [1.165, 1.54) is 0 Å². The topological polar surface area (TPSA) is 99.9 Å². The number of H-pyrrole nitrogens is 1. The van der Waals surface area contributed by atoms with Crippen LogP contribution in [0.3, 0.4) is 0 Å². The van der Waals surface area contributed by atoms with Crippen LogP contribution in [0.1, 0.15) is 5.69 Å². The Hall–Kier alpha value is -0.474. The van der Waals surface area contributed by atoms with Crippen molar-refractivity contribution < 1.29 is 66.0 Å². The molecule has 1 rings (SSSR count). The molecule has 0 aromatic carbocycles. The number of carbonyl (C=O) groups is 1. The van der Waals surface area contributed by atoms with E-state index in [0.717, 1.165) is 18.5 Å². The molecule has 0 spiro atoms. The second-order valence-corrected chi connectivity index (χ2v) is 2.19. The fraction of sp³-hybridized carbons (Fsp3) is 0. The molecule has 0 saturated carbocycles. The Bertz CT molecular complexity index is 412. The molecule has 0 unspecified atom stereocenters. The van der Waals surface area contributed by atoms with Crippen LogP contribution in [-0.2, 0) is 4.79 Å². The summed E-state index contributed by atoms with van der Waals surface area (Å²) in [6, 6.07) is 0. The maximum atomic E-state index is 10.9. The van der Waals surface area contributed by atoms with E-state index >= 15 is 0 Å². The van der Waals surface area contributed by atoms with Gasteiger partial charge in [-0.2, -0.15) is 4.73 Å². The van der Waals surface area contributed by atoms with Crippen molar-refractivity contribution in [3.63, 3.8) is 0 Å². The predicted molar refractivity (Wildman–Crippen MR) is 40.1 cm³/mol. The molecule has 1 aromatic heterocycles. The minimum atomic E-state index is -1.41. The molecule has 0 saturated heterocycles. The standard InChI is InChI=1S/C7H6N2O4.K/c10-6-4-9(13)5(3-8-6)1-2-7(11)12;/h1-4H,(H,8,10)(H,11,12);/q;+1/p-1. The molecule has 7 heteroatoms. The first-order valence-corrected chi connectivity index (χ1v) is 3.30. The number of carbonyl (C=O) groups excluding carboxylic acids is 1. The van der Waals surface area contributed by atoms with Gasteiger partial charge in [0, 0.05) is 6.08 Å². The van der Waals surface area contributed by atoms with Gasteiger partial charge in [-0.15, -0.1) is 0 Å². The van der Waals surface area contributed by atoms with Gasteiger partial charge in [0.1, 0.15) is 0 Å². The number of rotatable bonds is 2. The SMILES string of the molecule is O=C([O-])C=Cc1c[nH]c(=O)c[n+]1[O-].[K+]. The van der Waals surface area contributed by atoms with Gasteiger partial charge < -0.3 is 20.1 Å². The van der Waals surface area contributed by atoms with E-state index in [1.807, 2.05) is 0 Å². The van der Waals surface area contributed by atoms with Gasteiger partial charge in [-0.05, 0) is 6.08 Å². The second-order valence-electron chi connectivity index (χ2n) is 2.19. The van der Waals surface area contributed by atoms with Gasteiger partial charge in [0.15, 0.2) is 0 Å². The molecular weight excluding hydrogens is 215 g/mol. The summed E-state index contributed by atoms with van der Waals surface area (Å²) in [6.07, 6.45) is 3.59. The van der Waals surface area contributed by atoms with Crippen LogP contribution in [-0.4, -0.2) is 11.0 Å². The van der Waals surface area contributed by atoms with E-state index in [9.17, 15) is 19.9 Å².